The van der Waals surface area contributed by atoms with Crippen molar-refractivity contribution in [2.45, 2.75) is 51.2 Å². The molecule has 4 heteroatoms. The van der Waals surface area contributed by atoms with Gasteiger partial charge in [-0.15, -0.1) is 0 Å². The first-order chi connectivity index (χ1) is 7.71. The molecule has 1 fully saturated rings. The molecule has 0 saturated carbocycles. The molecule has 1 aliphatic rings. The molecule has 1 aliphatic heterocycles. The van der Waals surface area contributed by atoms with E-state index in [2.05, 4.69) is 18.8 Å². The summed E-state index contributed by atoms with van der Waals surface area (Å²) in [4.78, 5) is 14.3. The Hall–Kier alpha value is -1.03. The number of nitrogens with one attached hydrogen (secondary N) is 1. The molecule has 1 aromatic heterocycles. The van der Waals surface area contributed by atoms with E-state index in [0.717, 1.165) is 32.3 Å². The van der Waals surface area contributed by atoms with Crippen LogP contribution in [0.3, 0.4) is 0 Å². The Kier molecular flexibility index (Phi) is 3.19. The first-order valence-corrected chi connectivity index (χ1v) is 6.10. The monoisotopic (exact) mass is 224 g/mol. The van der Waals surface area contributed by atoms with Crippen molar-refractivity contribution >= 4 is 0 Å². The summed E-state index contributed by atoms with van der Waals surface area (Å²) in [7, 11) is 0. The SMILES string of the molecule is CCC1(CC)CC(n2cc[nH]c2=O)CCO1. The maximum Gasteiger partial charge on any atom is 0.325 e. The first-order valence-electron chi connectivity index (χ1n) is 6.10. The van der Waals surface area contributed by atoms with E-state index in [1.807, 2.05) is 10.8 Å². The van der Waals surface area contributed by atoms with E-state index in [0.29, 0.717) is 0 Å². The van der Waals surface area contributed by atoms with Gasteiger partial charge in [0.2, 0.25) is 0 Å². The molecule has 4 nitrogen and oxygen atoms in total. The predicted molar refractivity (Wildman–Crippen MR) is 62.6 cm³/mol. The summed E-state index contributed by atoms with van der Waals surface area (Å²) in [6.07, 6.45) is 7.45. The van der Waals surface area contributed by atoms with Gasteiger partial charge in [0.1, 0.15) is 0 Å². The number of imidazole rings is 1. The minimum absolute atomic E-state index is 0.00648. The van der Waals surface area contributed by atoms with E-state index < -0.39 is 0 Å². The number of aromatic amines is 1. The summed E-state index contributed by atoms with van der Waals surface area (Å²) in [6, 6.07) is 0.285. The van der Waals surface area contributed by atoms with Crippen LogP contribution in [0.2, 0.25) is 0 Å². The fourth-order valence-electron chi connectivity index (χ4n) is 2.60. The highest BCUT2D eigenvalue weighted by molar-refractivity contribution is 4.90. The maximum atomic E-state index is 11.6. The topological polar surface area (TPSA) is 47.0 Å². The van der Waals surface area contributed by atoms with Gasteiger partial charge in [-0.2, -0.15) is 0 Å². The zero-order chi connectivity index (χ0) is 11.6. The minimum Gasteiger partial charge on any atom is -0.375 e. The van der Waals surface area contributed by atoms with Gasteiger partial charge in [-0.05, 0) is 25.7 Å². The Bertz CT molecular complexity index is 390. The molecule has 1 saturated heterocycles. The van der Waals surface area contributed by atoms with Crippen LogP contribution >= 0.6 is 0 Å². The van der Waals surface area contributed by atoms with Gasteiger partial charge in [0, 0.05) is 25.0 Å². The second-order valence-corrected chi connectivity index (χ2v) is 4.56. The number of H-pyrrole nitrogens is 1. The number of hydrogen-bond acceptors (Lipinski definition) is 2. The van der Waals surface area contributed by atoms with E-state index in [1.165, 1.54) is 0 Å². The molecule has 0 amide bonds. The second kappa shape index (κ2) is 4.45. The van der Waals surface area contributed by atoms with Gasteiger partial charge in [0.05, 0.1) is 5.60 Å². The Morgan fingerprint density at radius 3 is 2.88 bits per heavy atom. The van der Waals surface area contributed by atoms with Gasteiger partial charge < -0.3 is 9.72 Å². The smallest absolute Gasteiger partial charge is 0.325 e. The molecule has 1 aromatic rings. The fourth-order valence-corrected chi connectivity index (χ4v) is 2.60. The molecule has 0 aromatic carbocycles. The lowest BCUT2D eigenvalue weighted by Gasteiger charge is -2.40. The quantitative estimate of drug-likeness (QED) is 0.854. The van der Waals surface area contributed by atoms with Crippen molar-refractivity contribution in [3.8, 4) is 0 Å². The number of nitrogens with zero attached hydrogens (tertiary/aromatic N) is 1. The van der Waals surface area contributed by atoms with Gasteiger partial charge in [0.15, 0.2) is 0 Å². The molecule has 90 valence electrons. The molecule has 0 radical (unpaired) electrons. The van der Waals surface area contributed by atoms with E-state index in [9.17, 15) is 4.79 Å². The Labute approximate surface area is 95.6 Å². The van der Waals surface area contributed by atoms with E-state index in [1.54, 1.807) is 6.20 Å². The number of rotatable bonds is 3. The van der Waals surface area contributed by atoms with Gasteiger partial charge in [-0.25, -0.2) is 4.79 Å². The summed E-state index contributed by atoms with van der Waals surface area (Å²) in [5.41, 5.74) is -0.0346. The average Bonchev–Trinajstić information content (AvgIpc) is 2.75. The Morgan fingerprint density at radius 1 is 1.56 bits per heavy atom. The summed E-state index contributed by atoms with van der Waals surface area (Å²) in [5, 5.41) is 0. The zero-order valence-electron chi connectivity index (χ0n) is 10.0. The van der Waals surface area contributed by atoms with Crippen molar-refractivity contribution in [1.29, 1.82) is 0 Å². The van der Waals surface area contributed by atoms with Crippen molar-refractivity contribution in [3.63, 3.8) is 0 Å². The van der Waals surface area contributed by atoms with Gasteiger partial charge in [-0.1, -0.05) is 13.8 Å². The van der Waals surface area contributed by atoms with Crippen LogP contribution < -0.4 is 5.69 Å². The highest BCUT2D eigenvalue weighted by Crippen LogP contribution is 2.36. The molecular formula is C12H20N2O2. The van der Waals surface area contributed by atoms with Crippen LogP contribution in [0.15, 0.2) is 17.2 Å². The summed E-state index contributed by atoms with van der Waals surface area (Å²) in [6.45, 7) is 5.07. The van der Waals surface area contributed by atoms with Crippen LogP contribution in [0.25, 0.3) is 0 Å². The molecule has 1 atom stereocenters. The third-order valence-corrected chi connectivity index (χ3v) is 3.83. The molecule has 1 N–H and O–H groups in total. The maximum absolute atomic E-state index is 11.6. The Morgan fingerprint density at radius 2 is 2.31 bits per heavy atom. The van der Waals surface area contributed by atoms with E-state index >= 15 is 0 Å². The first kappa shape index (κ1) is 11.5. The van der Waals surface area contributed by atoms with Crippen LogP contribution in [-0.4, -0.2) is 21.8 Å². The van der Waals surface area contributed by atoms with Crippen molar-refractivity contribution < 1.29 is 4.74 Å². The van der Waals surface area contributed by atoms with Crippen molar-refractivity contribution in [3.05, 3.63) is 22.9 Å². The lowest BCUT2D eigenvalue weighted by molar-refractivity contribution is -0.0990. The number of hydrogen-bond donors (Lipinski definition) is 1. The van der Waals surface area contributed by atoms with E-state index in [-0.39, 0.29) is 17.3 Å². The third kappa shape index (κ3) is 1.94. The summed E-state index contributed by atoms with van der Waals surface area (Å²) < 4.78 is 7.71. The van der Waals surface area contributed by atoms with Gasteiger partial charge in [-0.3, -0.25) is 4.57 Å². The van der Waals surface area contributed by atoms with Crippen molar-refractivity contribution in [1.82, 2.24) is 9.55 Å². The van der Waals surface area contributed by atoms with Crippen LogP contribution in [0, 0.1) is 0 Å². The van der Waals surface area contributed by atoms with E-state index in [4.69, 9.17) is 4.74 Å². The van der Waals surface area contributed by atoms with Crippen LogP contribution in [0.5, 0.6) is 0 Å². The average molecular weight is 224 g/mol. The molecule has 0 aliphatic carbocycles. The molecule has 2 heterocycles. The minimum atomic E-state index is -0.0281. The lowest BCUT2D eigenvalue weighted by atomic mass is 9.86. The fraction of sp³-hybridized carbons (Fsp3) is 0.750. The molecule has 16 heavy (non-hydrogen) atoms. The summed E-state index contributed by atoms with van der Waals surface area (Å²) in [5.74, 6) is 0. The van der Waals surface area contributed by atoms with Crippen molar-refractivity contribution in [2.24, 2.45) is 0 Å². The third-order valence-electron chi connectivity index (χ3n) is 3.83. The normalized spacial score (nSPS) is 24.5. The summed E-state index contributed by atoms with van der Waals surface area (Å²) >= 11 is 0. The highest BCUT2D eigenvalue weighted by atomic mass is 16.5. The van der Waals surface area contributed by atoms with Crippen LogP contribution in [-0.2, 0) is 4.74 Å². The number of ether oxygens (including phenoxy) is 1. The largest absolute Gasteiger partial charge is 0.375 e. The van der Waals surface area contributed by atoms with Crippen LogP contribution in [0.1, 0.15) is 45.6 Å². The van der Waals surface area contributed by atoms with Gasteiger partial charge in [0.25, 0.3) is 0 Å². The predicted octanol–water partition coefficient (Wildman–Crippen LogP) is 2.09. The molecule has 0 spiro atoms. The van der Waals surface area contributed by atoms with Crippen molar-refractivity contribution in [2.75, 3.05) is 6.61 Å². The molecule has 1 unspecified atom stereocenters. The lowest BCUT2D eigenvalue weighted by Crippen LogP contribution is -2.41. The Balaban J connectivity index is 2.19. The molecule has 0 bridgehead atoms. The molecular weight excluding hydrogens is 204 g/mol. The zero-order valence-corrected chi connectivity index (χ0v) is 10.0. The highest BCUT2D eigenvalue weighted by Gasteiger charge is 2.35. The van der Waals surface area contributed by atoms with Gasteiger partial charge >= 0.3 is 5.69 Å². The molecule has 2 rings (SSSR count). The van der Waals surface area contributed by atoms with Crippen LogP contribution in [0.4, 0.5) is 0 Å². The number of aromatic nitrogens is 2. The second-order valence-electron chi connectivity index (χ2n) is 4.56. The standard InChI is InChI=1S/C12H20N2O2/c1-3-12(4-2)9-10(5-8-16-12)14-7-6-13-11(14)15/h6-7,10H,3-5,8-9H2,1-2H3,(H,13,15).